The second-order valence-electron chi connectivity index (χ2n) is 5.75. The number of aliphatic hydroxyl groups is 1. The fourth-order valence-corrected chi connectivity index (χ4v) is 3.24. The maximum atomic E-state index is 10.3. The predicted molar refractivity (Wildman–Crippen MR) is 69.1 cm³/mol. The zero-order valence-electron chi connectivity index (χ0n) is 11.1. The van der Waals surface area contributed by atoms with Crippen molar-refractivity contribution in [3.63, 3.8) is 0 Å². The summed E-state index contributed by atoms with van der Waals surface area (Å²) >= 11 is 0. The highest BCUT2D eigenvalue weighted by Gasteiger charge is 2.25. The minimum absolute atomic E-state index is 0.122. The smallest absolute Gasteiger partial charge is 0.0695 e. The maximum absolute atomic E-state index is 10.3. The Hall–Kier alpha value is -0.120. The third-order valence-corrected chi connectivity index (χ3v) is 4.48. The molecule has 3 heteroatoms. The van der Waals surface area contributed by atoms with Crippen LogP contribution < -0.4 is 0 Å². The molecule has 0 amide bonds. The van der Waals surface area contributed by atoms with Gasteiger partial charge in [-0.3, -0.25) is 0 Å². The Bertz CT molecular complexity index is 188. The monoisotopic (exact) mass is 241 g/mol. The lowest BCUT2D eigenvalue weighted by Crippen LogP contribution is -2.43. The highest BCUT2D eigenvalue weighted by molar-refractivity contribution is 4.79. The van der Waals surface area contributed by atoms with Crippen LogP contribution >= 0.6 is 0 Å². The van der Waals surface area contributed by atoms with Crippen LogP contribution in [0.4, 0.5) is 0 Å². The van der Waals surface area contributed by atoms with Crippen LogP contribution in [0, 0.1) is 5.92 Å². The average molecular weight is 241 g/mol. The molecule has 2 aliphatic rings. The molecule has 0 aromatic rings. The largest absolute Gasteiger partial charge is 0.392 e. The van der Waals surface area contributed by atoms with Gasteiger partial charge >= 0.3 is 0 Å². The van der Waals surface area contributed by atoms with Crippen LogP contribution in [-0.4, -0.2) is 49.0 Å². The van der Waals surface area contributed by atoms with Gasteiger partial charge < -0.3 is 14.7 Å². The summed E-state index contributed by atoms with van der Waals surface area (Å²) in [6.45, 7) is 2.61. The van der Waals surface area contributed by atoms with E-state index in [2.05, 4.69) is 11.9 Å². The van der Waals surface area contributed by atoms with Crippen LogP contribution in [0.15, 0.2) is 0 Å². The van der Waals surface area contributed by atoms with Gasteiger partial charge in [0.05, 0.1) is 6.10 Å². The summed E-state index contributed by atoms with van der Waals surface area (Å²) in [5.41, 5.74) is 0. The van der Waals surface area contributed by atoms with Gasteiger partial charge in [0.1, 0.15) is 0 Å². The molecule has 1 atom stereocenters. The van der Waals surface area contributed by atoms with E-state index in [0.717, 1.165) is 32.6 Å². The molecule has 2 fully saturated rings. The third kappa shape index (κ3) is 3.94. The molecule has 1 saturated heterocycles. The summed E-state index contributed by atoms with van der Waals surface area (Å²) < 4.78 is 5.38. The molecule has 1 saturated carbocycles. The number of hydrogen-bond donors (Lipinski definition) is 1. The van der Waals surface area contributed by atoms with E-state index in [4.69, 9.17) is 4.74 Å². The van der Waals surface area contributed by atoms with E-state index >= 15 is 0 Å². The van der Waals surface area contributed by atoms with E-state index in [0.29, 0.717) is 12.0 Å². The van der Waals surface area contributed by atoms with Crippen molar-refractivity contribution in [2.45, 2.75) is 57.1 Å². The Balaban J connectivity index is 1.74. The van der Waals surface area contributed by atoms with Gasteiger partial charge in [-0.2, -0.15) is 0 Å². The molecule has 17 heavy (non-hydrogen) atoms. The molecule has 1 heterocycles. The minimum atomic E-state index is -0.122. The molecular weight excluding hydrogens is 214 g/mol. The van der Waals surface area contributed by atoms with E-state index in [9.17, 15) is 5.11 Å². The van der Waals surface area contributed by atoms with Crippen molar-refractivity contribution in [3.8, 4) is 0 Å². The van der Waals surface area contributed by atoms with Crippen molar-refractivity contribution in [3.05, 3.63) is 0 Å². The molecule has 1 aliphatic carbocycles. The zero-order valence-corrected chi connectivity index (χ0v) is 11.1. The topological polar surface area (TPSA) is 32.7 Å². The Morgan fingerprint density at radius 1 is 1.12 bits per heavy atom. The number of hydrogen-bond acceptors (Lipinski definition) is 3. The summed E-state index contributed by atoms with van der Waals surface area (Å²) in [4.78, 5) is 2.35. The summed E-state index contributed by atoms with van der Waals surface area (Å²) in [7, 11) is 2.15. The van der Waals surface area contributed by atoms with Crippen LogP contribution in [0.3, 0.4) is 0 Å². The first-order valence-electron chi connectivity index (χ1n) is 7.23. The molecule has 100 valence electrons. The summed E-state index contributed by atoms with van der Waals surface area (Å²) in [6, 6.07) is 0.613. The van der Waals surface area contributed by atoms with Gasteiger partial charge in [-0.15, -0.1) is 0 Å². The van der Waals surface area contributed by atoms with Crippen LogP contribution in [0.1, 0.15) is 44.9 Å². The Morgan fingerprint density at radius 3 is 2.41 bits per heavy atom. The van der Waals surface area contributed by atoms with E-state index in [1.54, 1.807) is 0 Å². The van der Waals surface area contributed by atoms with Gasteiger partial charge in [-0.25, -0.2) is 0 Å². The van der Waals surface area contributed by atoms with Crippen molar-refractivity contribution in [1.82, 2.24) is 4.90 Å². The van der Waals surface area contributed by atoms with Crippen molar-refractivity contribution in [1.29, 1.82) is 0 Å². The van der Waals surface area contributed by atoms with Crippen LogP contribution in [-0.2, 0) is 4.74 Å². The number of aliphatic hydroxyl groups excluding tert-OH is 1. The number of ether oxygens (including phenoxy) is 1. The summed E-state index contributed by atoms with van der Waals surface area (Å²) in [5.74, 6) is 0.547. The lowest BCUT2D eigenvalue weighted by Gasteiger charge is -2.35. The first-order chi connectivity index (χ1) is 8.27. The molecule has 1 N–H and O–H groups in total. The number of likely N-dealkylation sites (N-methyl/N-ethyl adjacent to an activating group) is 1. The van der Waals surface area contributed by atoms with Crippen LogP contribution in [0.2, 0.25) is 0 Å². The SMILES string of the molecule is CN(CC(O)C1CCCCC1)C1CCOCC1. The molecule has 0 radical (unpaired) electrons. The predicted octanol–water partition coefficient (Wildman–Crippen LogP) is 2.04. The van der Waals surface area contributed by atoms with Gasteiger partial charge in [0.25, 0.3) is 0 Å². The fourth-order valence-electron chi connectivity index (χ4n) is 3.24. The zero-order chi connectivity index (χ0) is 12.1. The number of nitrogens with zero attached hydrogens (tertiary/aromatic N) is 1. The lowest BCUT2D eigenvalue weighted by molar-refractivity contribution is 0.00680. The highest BCUT2D eigenvalue weighted by atomic mass is 16.5. The van der Waals surface area contributed by atoms with E-state index in [1.807, 2.05) is 0 Å². The Labute approximate surface area is 105 Å². The quantitative estimate of drug-likeness (QED) is 0.817. The van der Waals surface area contributed by atoms with E-state index < -0.39 is 0 Å². The van der Waals surface area contributed by atoms with Gasteiger partial charge in [0.15, 0.2) is 0 Å². The molecule has 0 spiro atoms. The Morgan fingerprint density at radius 2 is 1.76 bits per heavy atom. The second kappa shape index (κ2) is 6.72. The summed E-state index contributed by atoms with van der Waals surface area (Å²) in [5, 5.41) is 10.3. The van der Waals surface area contributed by atoms with Crippen molar-refractivity contribution in [2.24, 2.45) is 5.92 Å². The van der Waals surface area contributed by atoms with Crippen molar-refractivity contribution >= 4 is 0 Å². The summed E-state index contributed by atoms with van der Waals surface area (Å²) in [6.07, 6.45) is 8.54. The molecule has 3 nitrogen and oxygen atoms in total. The van der Waals surface area contributed by atoms with Crippen molar-refractivity contribution in [2.75, 3.05) is 26.8 Å². The molecule has 0 aromatic heterocycles. The van der Waals surface area contributed by atoms with Gasteiger partial charge in [-0.1, -0.05) is 19.3 Å². The van der Waals surface area contributed by atoms with Gasteiger partial charge in [0.2, 0.25) is 0 Å². The average Bonchev–Trinajstić information content (AvgIpc) is 2.40. The Kier molecular flexibility index (Phi) is 5.26. The molecule has 2 rings (SSSR count). The van der Waals surface area contributed by atoms with Crippen molar-refractivity contribution < 1.29 is 9.84 Å². The maximum Gasteiger partial charge on any atom is 0.0695 e. The second-order valence-corrected chi connectivity index (χ2v) is 5.75. The van der Waals surface area contributed by atoms with Crippen LogP contribution in [0.5, 0.6) is 0 Å². The van der Waals surface area contributed by atoms with Crippen LogP contribution in [0.25, 0.3) is 0 Å². The molecule has 0 aromatic carbocycles. The van der Waals surface area contributed by atoms with E-state index in [1.165, 1.54) is 32.1 Å². The van der Waals surface area contributed by atoms with Gasteiger partial charge in [-0.05, 0) is 38.6 Å². The fraction of sp³-hybridized carbons (Fsp3) is 1.00. The number of rotatable bonds is 4. The standard InChI is InChI=1S/C14H27NO2/c1-15(13-7-9-17-10-8-13)11-14(16)12-5-3-2-4-6-12/h12-14,16H,2-11H2,1H3. The lowest BCUT2D eigenvalue weighted by atomic mass is 9.85. The molecule has 1 aliphatic heterocycles. The molecular formula is C14H27NO2. The third-order valence-electron chi connectivity index (χ3n) is 4.48. The highest BCUT2D eigenvalue weighted by Crippen LogP contribution is 2.27. The molecule has 0 bridgehead atoms. The minimum Gasteiger partial charge on any atom is -0.392 e. The molecule has 1 unspecified atom stereocenters. The van der Waals surface area contributed by atoms with Gasteiger partial charge in [0, 0.05) is 25.8 Å². The van der Waals surface area contributed by atoms with E-state index in [-0.39, 0.29) is 6.10 Å². The first-order valence-corrected chi connectivity index (χ1v) is 7.23. The normalized spacial score (nSPS) is 26.3. The first kappa shape index (κ1) is 13.3.